The van der Waals surface area contributed by atoms with Gasteiger partial charge in [0.25, 0.3) is 0 Å². The fraction of sp³-hybridized carbons (Fsp3) is 0.900. The molecule has 1 N–H and O–H groups in total. The summed E-state index contributed by atoms with van der Waals surface area (Å²) in [4.78, 5) is 3.93. The van der Waals surface area contributed by atoms with Gasteiger partial charge in [0.05, 0.1) is 5.84 Å². The van der Waals surface area contributed by atoms with Crippen LogP contribution in [0.25, 0.3) is 0 Å². The number of hydrogen-bond donors (Lipinski definition) is 1. The Morgan fingerprint density at radius 3 is 1.83 bits per heavy atom. The standard InChI is InChI=1S/C6H14N2.2C2H6/c1-4-5-8-6(2)7-3;2*1-2/h4-5H2,1-3H3,(H,7,8);2*1-2H3. The molecule has 0 rings (SSSR count). The van der Waals surface area contributed by atoms with Crippen LogP contribution in [0.1, 0.15) is 48.0 Å². The van der Waals surface area contributed by atoms with Crippen LogP contribution in [-0.2, 0) is 0 Å². The van der Waals surface area contributed by atoms with Gasteiger partial charge in [-0.25, -0.2) is 0 Å². The predicted molar refractivity (Wildman–Crippen MR) is 60.0 cm³/mol. The van der Waals surface area contributed by atoms with Gasteiger partial charge in [0.15, 0.2) is 0 Å². The van der Waals surface area contributed by atoms with E-state index in [1.807, 2.05) is 34.6 Å². The summed E-state index contributed by atoms with van der Waals surface area (Å²) in [5.41, 5.74) is 0. The van der Waals surface area contributed by atoms with E-state index in [1.54, 1.807) is 7.05 Å². The second-order valence-corrected chi connectivity index (χ2v) is 1.74. The first-order valence-corrected chi connectivity index (χ1v) is 4.98. The van der Waals surface area contributed by atoms with Crippen molar-refractivity contribution in [2.45, 2.75) is 48.0 Å². The third-order valence-electron chi connectivity index (χ3n) is 0.966. The smallest absolute Gasteiger partial charge is 0.0928 e. The van der Waals surface area contributed by atoms with E-state index in [0.29, 0.717) is 0 Å². The highest BCUT2D eigenvalue weighted by Gasteiger charge is 1.81. The summed E-state index contributed by atoms with van der Waals surface area (Å²) in [6.45, 7) is 13.1. The number of nitrogens with zero attached hydrogens (tertiary/aromatic N) is 1. The fourth-order valence-corrected chi connectivity index (χ4v) is 0.385. The molecule has 0 unspecified atom stereocenters. The van der Waals surface area contributed by atoms with Crippen LogP contribution in [0.5, 0.6) is 0 Å². The monoisotopic (exact) mass is 174 g/mol. The third-order valence-corrected chi connectivity index (χ3v) is 0.966. The van der Waals surface area contributed by atoms with Gasteiger partial charge in [-0.05, 0) is 13.3 Å². The molecule has 2 heteroatoms. The Morgan fingerprint density at radius 2 is 1.58 bits per heavy atom. The molecule has 0 fully saturated rings. The van der Waals surface area contributed by atoms with Gasteiger partial charge in [-0.2, -0.15) is 0 Å². The molecule has 76 valence electrons. The molecule has 0 aliphatic rings. The third kappa shape index (κ3) is 22.7. The summed E-state index contributed by atoms with van der Waals surface area (Å²) in [6.07, 6.45) is 1.16. The van der Waals surface area contributed by atoms with Crippen LogP contribution in [0.4, 0.5) is 0 Å². The molecule has 0 saturated heterocycles. The predicted octanol–water partition coefficient (Wildman–Crippen LogP) is 3.09. The number of rotatable bonds is 2. The van der Waals surface area contributed by atoms with Crippen LogP contribution in [0, 0.1) is 0 Å². The summed E-state index contributed by atoms with van der Waals surface area (Å²) in [5.74, 6) is 1.02. The zero-order chi connectivity index (χ0) is 10.4. The quantitative estimate of drug-likeness (QED) is 0.505. The van der Waals surface area contributed by atoms with Crippen LogP contribution in [0.3, 0.4) is 0 Å². The van der Waals surface area contributed by atoms with Crippen LogP contribution < -0.4 is 5.32 Å². The lowest BCUT2D eigenvalue weighted by Gasteiger charge is -1.99. The molecule has 0 bridgehead atoms. The highest BCUT2D eigenvalue weighted by atomic mass is 15.0. The molecular formula is C10H26N2. The molecule has 0 aliphatic carbocycles. The van der Waals surface area contributed by atoms with Gasteiger partial charge in [-0.1, -0.05) is 34.6 Å². The average molecular weight is 174 g/mol. The summed E-state index contributed by atoms with van der Waals surface area (Å²) in [5, 5.41) is 3.13. The summed E-state index contributed by atoms with van der Waals surface area (Å²) in [7, 11) is 1.79. The first kappa shape index (κ1) is 17.5. The maximum Gasteiger partial charge on any atom is 0.0928 e. The summed E-state index contributed by atoms with van der Waals surface area (Å²) in [6, 6.07) is 0. The lowest BCUT2D eigenvalue weighted by atomic mass is 10.5. The van der Waals surface area contributed by atoms with Crippen molar-refractivity contribution in [2.24, 2.45) is 4.99 Å². The molecule has 12 heavy (non-hydrogen) atoms. The lowest BCUT2D eigenvalue weighted by Crippen LogP contribution is -2.20. The van der Waals surface area contributed by atoms with Gasteiger partial charge in [-0.3, -0.25) is 4.99 Å². The van der Waals surface area contributed by atoms with Crippen molar-refractivity contribution in [1.82, 2.24) is 5.32 Å². The van der Waals surface area contributed by atoms with Crippen molar-refractivity contribution in [3.63, 3.8) is 0 Å². The van der Waals surface area contributed by atoms with Gasteiger partial charge >= 0.3 is 0 Å². The van der Waals surface area contributed by atoms with Crippen LogP contribution in [0.15, 0.2) is 4.99 Å². The Bertz CT molecular complexity index is 77.9. The number of aliphatic imine (C=N–C) groups is 1. The number of amidine groups is 1. The topological polar surface area (TPSA) is 24.4 Å². The van der Waals surface area contributed by atoms with E-state index in [0.717, 1.165) is 18.8 Å². The zero-order valence-corrected chi connectivity index (χ0v) is 9.86. The Balaban J connectivity index is -0.000000175. The minimum absolute atomic E-state index is 1.02. The van der Waals surface area contributed by atoms with E-state index in [-0.39, 0.29) is 0 Å². The molecule has 0 aromatic carbocycles. The van der Waals surface area contributed by atoms with Crippen molar-refractivity contribution in [3.8, 4) is 0 Å². The first-order valence-electron chi connectivity index (χ1n) is 4.98. The maximum absolute atomic E-state index is 3.93. The molecule has 0 aromatic heterocycles. The summed E-state index contributed by atoms with van der Waals surface area (Å²) < 4.78 is 0. The van der Waals surface area contributed by atoms with Gasteiger partial charge in [-0.15, -0.1) is 0 Å². The van der Waals surface area contributed by atoms with E-state index >= 15 is 0 Å². The molecule has 0 radical (unpaired) electrons. The van der Waals surface area contributed by atoms with Crippen molar-refractivity contribution < 1.29 is 0 Å². The average Bonchev–Trinajstić information content (AvgIpc) is 2.20. The minimum Gasteiger partial charge on any atom is -0.374 e. The minimum atomic E-state index is 1.02. The molecule has 0 aromatic rings. The molecule has 0 amide bonds. The van der Waals surface area contributed by atoms with E-state index in [4.69, 9.17) is 0 Å². The molecule has 0 aliphatic heterocycles. The fourth-order valence-electron chi connectivity index (χ4n) is 0.385. The van der Waals surface area contributed by atoms with Crippen LogP contribution in [-0.4, -0.2) is 19.4 Å². The van der Waals surface area contributed by atoms with E-state index in [2.05, 4.69) is 17.2 Å². The molecule has 0 heterocycles. The number of nitrogens with one attached hydrogen (secondary N) is 1. The van der Waals surface area contributed by atoms with Crippen molar-refractivity contribution in [1.29, 1.82) is 0 Å². The molecule has 0 saturated carbocycles. The SMILES string of the molecule is CC.CC.CCCNC(C)=NC. The molecule has 2 nitrogen and oxygen atoms in total. The zero-order valence-electron chi connectivity index (χ0n) is 9.86. The largest absolute Gasteiger partial charge is 0.374 e. The molecular weight excluding hydrogens is 148 g/mol. The second kappa shape index (κ2) is 22.4. The van der Waals surface area contributed by atoms with Crippen molar-refractivity contribution in [2.75, 3.05) is 13.6 Å². The highest BCUT2D eigenvalue weighted by Crippen LogP contribution is 1.71. The summed E-state index contributed by atoms with van der Waals surface area (Å²) >= 11 is 0. The normalized spacial score (nSPS) is 8.75. The highest BCUT2D eigenvalue weighted by molar-refractivity contribution is 5.79. The second-order valence-electron chi connectivity index (χ2n) is 1.74. The Labute approximate surface area is 78.5 Å². The van der Waals surface area contributed by atoms with E-state index < -0.39 is 0 Å². The Kier molecular flexibility index (Phi) is 32.8. The van der Waals surface area contributed by atoms with Gasteiger partial charge in [0, 0.05) is 13.6 Å². The Hall–Kier alpha value is -0.530. The van der Waals surface area contributed by atoms with Crippen molar-refractivity contribution >= 4 is 5.84 Å². The van der Waals surface area contributed by atoms with Gasteiger partial charge < -0.3 is 5.32 Å². The van der Waals surface area contributed by atoms with E-state index in [9.17, 15) is 0 Å². The van der Waals surface area contributed by atoms with Gasteiger partial charge in [0.1, 0.15) is 0 Å². The number of hydrogen-bond acceptors (Lipinski definition) is 1. The van der Waals surface area contributed by atoms with Crippen LogP contribution >= 0.6 is 0 Å². The van der Waals surface area contributed by atoms with Gasteiger partial charge in [0.2, 0.25) is 0 Å². The van der Waals surface area contributed by atoms with Crippen LogP contribution in [0.2, 0.25) is 0 Å². The Morgan fingerprint density at radius 1 is 1.17 bits per heavy atom. The van der Waals surface area contributed by atoms with Crippen molar-refractivity contribution in [3.05, 3.63) is 0 Å². The molecule has 0 spiro atoms. The van der Waals surface area contributed by atoms with E-state index in [1.165, 1.54) is 0 Å². The molecule has 0 atom stereocenters. The lowest BCUT2D eigenvalue weighted by molar-refractivity contribution is 0.835. The maximum atomic E-state index is 3.93. The first-order chi connectivity index (χ1) is 5.81.